The van der Waals surface area contributed by atoms with Crippen molar-refractivity contribution in [1.29, 1.82) is 5.26 Å². The largest absolute Gasteiger partial charge is 0.494 e. The Bertz CT molecular complexity index is 1150. The van der Waals surface area contributed by atoms with Gasteiger partial charge in [-0.15, -0.1) is 0 Å². The number of aromatic amines is 1. The summed E-state index contributed by atoms with van der Waals surface area (Å²) in [5.74, 6) is -0.902. The summed E-state index contributed by atoms with van der Waals surface area (Å²) in [4.78, 5) is 41.4. The molecule has 1 saturated heterocycles. The Hall–Kier alpha value is -3.25. The van der Waals surface area contributed by atoms with Gasteiger partial charge in [0.05, 0.1) is 18.2 Å². The van der Waals surface area contributed by atoms with Crippen LogP contribution in [-0.4, -0.2) is 48.4 Å². The maximum absolute atomic E-state index is 13.2. The molecule has 1 aliphatic heterocycles. The van der Waals surface area contributed by atoms with Crippen LogP contribution in [0.4, 0.5) is 0 Å². The highest BCUT2D eigenvalue weighted by molar-refractivity contribution is 6.33. The molecule has 2 unspecified atom stereocenters. The lowest BCUT2D eigenvalue weighted by Crippen LogP contribution is -2.51. The molecule has 10 heteroatoms. The molecule has 0 aliphatic carbocycles. The number of carbonyl (C=O) groups is 3. The van der Waals surface area contributed by atoms with E-state index in [0.29, 0.717) is 41.1 Å². The second-order valence-corrected chi connectivity index (χ2v) is 10.5. The minimum Gasteiger partial charge on any atom is -0.494 e. The first-order valence-corrected chi connectivity index (χ1v) is 12.0. The molecule has 3 rings (SSSR count). The van der Waals surface area contributed by atoms with Crippen LogP contribution in [0.5, 0.6) is 5.75 Å². The number of piperidine rings is 1. The molecule has 188 valence electrons. The lowest BCUT2D eigenvalue weighted by molar-refractivity contribution is -0.128. The minimum atomic E-state index is -0.879. The molecule has 0 bridgehead atoms. The standard InChI is InChI=1S/C25H32ClN5O4/c1-25(2,3)12-20(24(34)29-15(13-27)10-14-6-5-9-28-22(14)32)31-23(33)19-11-16-18(30-19)8-7-17(26)21(16)35-4/h7-8,11,14-15,20,30H,5-6,9-10,12H2,1-4H3,(H,28,32)(H,29,34)(H,31,33)/t14-,15?,20?/m0/s1. The van der Waals surface area contributed by atoms with Crippen LogP contribution in [0, 0.1) is 22.7 Å². The topological polar surface area (TPSA) is 136 Å². The summed E-state index contributed by atoms with van der Waals surface area (Å²) in [6.45, 7) is 6.51. The Balaban J connectivity index is 1.76. The van der Waals surface area contributed by atoms with E-state index in [1.54, 1.807) is 18.2 Å². The average Bonchev–Trinajstić information content (AvgIpc) is 3.23. The van der Waals surface area contributed by atoms with Gasteiger partial charge in [0, 0.05) is 23.4 Å². The van der Waals surface area contributed by atoms with Crippen molar-refractivity contribution in [2.24, 2.45) is 11.3 Å². The van der Waals surface area contributed by atoms with Crippen LogP contribution in [0.15, 0.2) is 18.2 Å². The van der Waals surface area contributed by atoms with E-state index in [-0.39, 0.29) is 29.4 Å². The number of nitrogens with zero attached hydrogens (tertiary/aromatic N) is 1. The number of fused-ring (bicyclic) bond motifs is 1. The van der Waals surface area contributed by atoms with Crippen molar-refractivity contribution in [3.63, 3.8) is 0 Å². The van der Waals surface area contributed by atoms with Crippen molar-refractivity contribution in [2.45, 2.75) is 58.5 Å². The fourth-order valence-electron chi connectivity index (χ4n) is 4.30. The number of halogens is 1. The summed E-state index contributed by atoms with van der Waals surface area (Å²) in [5.41, 5.74) is 0.643. The predicted molar refractivity (Wildman–Crippen MR) is 133 cm³/mol. The number of hydrogen-bond donors (Lipinski definition) is 4. The first-order chi connectivity index (χ1) is 16.5. The van der Waals surface area contributed by atoms with Gasteiger partial charge in [-0.3, -0.25) is 14.4 Å². The van der Waals surface area contributed by atoms with Crippen molar-refractivity contribution in [3.05, 3.63) is 28.9 Å². The molecule has 1 fully saturated rings. The normalized spacial score (nSPS) is 17.7. The quantitative estimate of drug-likeness (QED) is 0.440. The number of methoxy groups -OCH3 is 1. The molecular formula is C25H32ClN5O4. The van der Waals surface area contributed by atoms with Crippen molar-refractivity contribution in [3.8, 4) is 11.8 Å². The SMILES string of the molecule is COc1c(Cl)ccc2[nH]c(C(=O)NC(CC(C)(C)C)C(=O)NC(C#N)C[C@@H]3CCCNC3=O)cc12. The van der Waals surface area contributed by atoms with Gasteiger partial charge in [-0.2, -0.15) is 5.26 Å². The van der Waals surface area contributed by atoms with Crippen molar-refractivity contribution in [1.82, 2.24) is 20.9 Å². The van der Waals surface area contributed by atoms with Crippen LogP contribution < -0.4 is 20.7 Å². The number of rotatable bonds is 8. The lowest BCUT2D eigenvalue weighted by atomic mass is 9.87. The summed E-state index contributed by atoms with van der Waals surface area (Å²) in [6.07, 6.45) is 2.09. The molecule has 1 aliphatic rings. The number of carbonyl (C=O) groups excluding carboxylic acids is 3. The number of hydrogen-bond acceptors (Lipinski definition) is 5. The van der Waals surface area contributed by atoms with Crippen LogP contribution in [0.25, 0.3) is 10.9 Å². The molecule has 1 aromatic carbocycles. The number of amides is 3. The summed E-state index contributed by atoms with van der Waals surface area (Å²) in [7, 11) is 1.50. The Morgan fingerprint density at radius 1 is 1.31 bits per heavy atom. The third-order valence-electron chi connectivity index (χ3n) is 5.99. The molecule has 0 radical (unpaired) electrons. The highest BCUT2D eigenvalue weighted by Gasteiger charge is 2.31. The van der Waals surface area contributed by atoms with E-state index in [1.165, 1.54) is 7.11 Å². The van der Waals surface area contributed by atoms with Crippen LogP contribution in [0.3, 0.4) is 0 Å². The van der Waals surface area contributed by atoms with E-state index < -0.39 is 23.9 Å². The number of aromatic nitrogens is 1. The van der Waals surface area contributed by atoms with Crippen LogP contribution in [0.2, 0.25) is 5.02 Å². The van der Waals surface area contributed by atoms with E-state index in [4.69, 9.17) is 16.3 Å². The van der Waals surface area contributed by atoms with Gasteiger partial charge in [0.15, 0.2) is 0 Å². The Kier molecular flexibility index (Phi) is 8.28. The zero-order valence-electron chi connectivity index (χ0n) is 20.5. The predicted octanol–water partition coefficient (Wildman–Crippen LogP) is 3.29. The molecule has 2 aromatic rings. The van der Waals surface area contributed by atoms with Crippen LogP contribution in [0.1, 0.15) is 56.9 Å². The second kappa shape index (κ2) is 11.0. The van der Waals surface area contributed by atoms with Gasteiger partial charge in [-0.05, 0) is 49.3 Å². The van der Waals surface area contributed by atoms with Gasteiger partial charge < -0.3 is 25.7 Å². The fourth-order valence-corrected chi connectivity index (χ4v) is 4.54. The van der Waals surface area contributed by atoms with Gasteiger partial charge >= 0.3 is 0 Å². The first kappa shape index (κ1) is 26.4. The molecule has 3 atom stereocenters. The fraction of sp³-hybridized carbons (Fsp3) is 0.520. The zero-order chi connectivity index (χ0) is 25.8. The highest BCUT2D eigenvalue weighted by Crippen LogP contribution is 2.33. The first-order valence-electron chi connectivity index (χ1n) is 11.7. The third-order valence-corrected chi connectivity index (χ3v) is 6.28. The second-order valence-electron chi connectivity index (χ2n) is 10.1. The van der Waals surface area contributed by atoms with E-state index >= 15 is 0 Å². The Labute approximate surface area is 209 Å². The maximum atomic E-state index is 13.2. The van der Waals surface area contributed by atoms with E-state index in [0.717, 1.165) is 6.42 Å². The smallest absolute Gasteiger partial charge is 0.268 e. The summed E-state index contributed by atoms with van der Waals surface area (Å²) < 4.78 is 5.36. The molecule has 1 aromatic heterocycles. The Morgan fingerprint density at radius 2 is 2.06 bits per heavy atom. The Morgan fingerprint density at radius 3 is 2.69 bits per heavy atom. The molecule has 3 amide bonds. The van der Waals surface area contributed by atoms with E-state index in [1.807, 2.05) is 20.8 Å². The maximum Gasteiger partial charge on any atom is 0.268 e. The number of ether oxygens (including phenoxy) is 1. The monoisotopic (exact) mass is 501 g/mol. The van der Waals surface area contributed by atoms with Crippen molar-refractivity contribution >= 4 is 40.2 Å². The van der Waals surface area contributed by atoms with Crippen molar-refractivity contribution in [2.75, 3.05) is 13.7 Å². The summed E-state index contributed by atoms with van der Waals surface area (Å²) in [6, 6.07) is 5.41. The molecule has 0 saturated carbocycles. The number of benzene rings is 1. The van der Waals surface area contributed by atoms with Gasteiger partial charge in [-0.25, -0.2) is 0 Å². The van der Waals surface area contributed by atoms with Crippen LogP contribution >= 0.6 is 11.6 Å². The van der Waals surface area contributed by atoms with E-state index in [2.05, 4.69) is 27.0 Å². The zero-order valence-corrected chi connectivity index (χ0v) is 21.2. The van der Waals surface area contributed by atoms with Gasteiger partial charge in [0.1, 0.15) is 23.5 Å². The highest BCUT2D eigenvalue weighted by atomic mass is 35.5. The van der Waals surface area contributed by atoms with E-state index in [9.17, 15) is 19.6 Å². The minimum absolute atomic E-state index is 0.0976. The molecule has 4 N–H and O–H groups in total. The van der Waals surface area contributed by atoms with Crippen LogP contribution in [-0.2, 0) is 9.59 Å². The summed E-state index contributed by atoms with van der Waals surface area (Å²) >= 11 is 6.19. The average molecular weight is 502 g/mol. The molecule has 2 heterocycles. The molecular weight excluding hydrogens is 470 g/mol. The van der Waals surface area contributed by atoms with Gasteiger partial charge in [0.25, 0.3) is 5.91 Å². The molecule has 0 spiro atoms. The molecule has 9 nitrogen and oxygen atoms in total. The van der Waals surface area contributed by atoms with Crippen molar-refractivity contribution < 1.29 is 19.1 Å². The number of nitriles is 1. The number of nitrogens with one attached hydrogen (secondary N) is 4. The number of H-pyrrole nitrogens is 1. The summed E-state index contributed by atoms with van der Waals surface area (Å²) in [5, 5.41) is 19.0. The van der Waals surface area contributed by atoms with Gasteiger partial charge in [-0.1, -0.05) is 32.4 Å². The lowest BCUT2D eigenvalue weighted by Gasteiger charge is -2.28. The third kappa shape index (κ3) is 6.67. The van der Waals surface area contributed by atoms with Gasteiger partial charge in [0.2, 0.25) is 11.8 Å². The molecule has 35 heavy (non-hydrogen) atoms.